The summed E-state index contributed by atoms with van der Waals surface area (Å²) in [7, 11) is 0. The molecule has 0 amide bonds. The summed E-state index contributed by atoms with van der Waals surface area (Å²) >= 11 is 0. The van der Waals surface area contributed by atoms with Crippen LogP contribution in [0, 0.1) is 0 Å². The van der Waals surface area contributed by atoms with Crippen molar-refractivity contribution in [2.45, 2.75) is 6.54 Å². The summed E-state index contributed by atoms with van der Waals surface area (Å²) in [5.74, 6) is 0.767. The molecule has 0 saturated carbocycles. The van der Waals surface area contributed by atoms with Gasteiger partial charge < -0.3 is 9.09 Å². The van der Waals surface area contributed by atoms with Crippen LogP contribution in [0.2, 0.25) is 0 Å². The van der Waals surface area contributed by atoms with Crippen LogP contribution in [-0.4, -0.2) is 16.0 Å². The molecule has 1 aromatic carbocycles. The summed E-state index contributed by atoms with van der Waals surface area (Å²) < 4.78 is 7.06. The lowest BCUT2D eigenvalue weighted by molar-refractivity contribution is 0.112. The van der Waals surface area contributed by atoms with Gasteiger partial charge in [-0.05, 0) is 6.07 Å². The number of fused-ring (bicyclic) bond motifs is 1. The van der Waals surface area contributed by atoms with E-state index in [2.05, 4.69) is 5.16 Å². The molecule has 84 valence electrons. The number of nitrogens with zero attached hydrogens (tertiary/aromatic N) is 2. The summed E-state index contributed by atoms with van der Waals surface area (Å²) in [5.41, 5.74) is 1.71. The lowest BCUT2D eigenvalue weighted by atomic mass is 10.2. The fourth-order valence-corrected chi connectivity index (χ4v) is 1.99. The molecule has 3 aromatic rings. The zero-order valence-electron chi connectivity index (χ0n) is 9.04. The Balaban J connectivity index is 2.13. The van der Waals surface area contributed by atoms with Crippen LogP contribution in [0.5, 0.6) is 0 Å². The first-order valence-electron chi connectivity index (χ1n) is 5.31. The SMILES string of the molecule is O=Cc1cn(Cc2ccno2)c2ccccc12. The van der Waals surface area contributed by atoms with E-state index in [9.17, 15) is 4.79 Å². The van der Waals surface area contributed by atoms with Crippen molar-refractivity contribution in [2.24, 2.45) is 0 Å². The highest BCUT2D eigenvalue weighted by Gasteiger charge is 2.08. The maximum absolute atomic E-state index is 11.0. The van der Waals surface area contributed by atoms with Gasteiger partial charge in [0.1, 0.15) is 0 Å². The average Bonchev–Trinajstić information content (AvgIpc) is 2.98. The van der Waals surface area contributed by atoms with Crippen molar-refractivity contribution in [1.82, 2.24) is 9.72 Å². The molecule has 0 saturated heterocycles. The van der Waals surface area contributed by atoms with Gasteiger partial charge in [0, 0.05) is 28.7 Å². The number of rotatable bonds is 3. The summed E-state index contributed by atoms with van der Waals surface area (Å²) in [5, 5.41) is 4.63. The fourth-order valence-electron chi connectivity index (χ4n) is 1.99. The molecule has 0 unspecified atom stereocenters. The Bertz CT molecular complexity index is 653. The normalized spacial score (nSPS) is 10.8. The standard InChI is InChI=1S/C13H10N2O2/c16-9-10-7-15(8-11-5-6-14-17-11)13-4-2-1-3-12(10)13/h1-7,9H,8H2. The number of hydrogen-bond donors (Lipinski definition) is 0. The van der Waals surface area contributed by atoms with Crippen LogP contribution in [0.15, 0.2) is 47.2 Å². The van der Waals surface area contributed by atoms with Crippen LogP contribution in [0.25, 0.3) is 10.9 Å². The molecule has 2 aromatic heterocycles. The molecule has 4 heteroatoms. The number of carbonyl (C=O) groups excluding carboxylic acids is 1. The third-order valence-corrected chi connectivity index (χ3v) is 2.76. The van der Waals surface area contributed by atoms with Crippen LogP contribution < -0.4 is 0 Å². The molecular weight excluding hydrogens is 216 g/mol. The molecule has 2 heterocycles. The molecule has 0 bridgehead atoms. The molecule has 0 N–H and O–H groups in total. The summed E-state index contributed by atoms with van der Waals surface area (Å²) in [6, 6.07) is 9.62. The third kappa shape index (κ3) is 1.63. The maximum atomic E-state index is 11.0. The number of carbonyl (C=O) groups is 1. The topological polar surface area (TPSA) is 48.0 Å². The highest BCUT2D eigenvalue weighted by atomic mass is 16.5. The van der Waals surface area contributed by atoms with Gasteiger partial charge in [0.15, 0.2) is 12.0 Å². The lowest BCUT2D eigenvalue weighted by Crippen LogP contribution is -1.96. The van der Waals surface area contributed by atoms with Gasteiger partial charge in [-0.25, -0.2) is 0 Å². The Labute approximate surface area is 97.4 Å². The lowest BCUT2D eigenvalue weighted by Gasteiger charge is -2.00. The van der Waals surface area contributed by atoms with Crippen molar-refractivity contribution in [2.75, 3.05) is 0 Å². The van der Waals surface area contributed by atoms with Gasteiger partial charge >= 0.3 is 0 Å². The molecule has 0 spiro atoms. The van der Waals surface area contributed by atoms with Crippen LogP contribution in [-0.2, 0) is 6.54 Å². The predicted molar refractivity (Wildman–Crippen MR) is 62.9 cm³/mol. The van der Waals surface area contributed by atoms with Crippen molar-refractivity contribution in [3.8, 4) is 0 Å². The number of benzene rings is 1. The molecular formula is C13H10N2O2. The molecule has 0 fully saturated rings. The fraction of sp³-hybridized carbons (Fsp3) is 0.0769. The van der Waals surface area contributed by atoms with E-state index in [0.717, 1.165) is 22.9 Å². The second kappa shape index (κ2) is 3.90. The molecule has 3 rings (SSSR count). The van der Waals surface area contributed by atoms with Crippen molar-refractivity contribution >= 4 is 17.2 Å². The minimum atomic E-state index is 0.578. The van der Waals surface area contributed by atoms with Gasteiger partial charge in [0.2, 0.25) is 0 Å². The van der Waals surface area contributed by atoms with Gasteiger partial charge in [-0.1, -0.05) is 23.4 Å². The second-order valence-electron chi connectivity index (χ2n) is 3.83. The Morgan fingerprint density at radius 3 is 2.94 bits per heavy atom. The minimum absolute atomic E-state index is 0.578. The zero-order valence-corrected chi connectivity index (χ0v) is 9.04. The van der Waals surface area contributed by atoms with Crippen LogP contribution in [0.4, 0.5) is 0 Å². The van der Waals surface area contributed by atoms with E-state index in [-0.39, 0.29) is 0 Å². The van der Waals surface area contributed by atoms with Crippen LogP contribution in [0.3, 0.4) is 0 Å². The van der Waals surface area contributed by atoms with Gasteiger partial charge in [-0.2, -0.15) is 0 Å². The van der Waals surface area contributed by atoms with E-state index < -0.39 is 0 Å². The highest BCUT2D eigenvalue weighted by molar-refractivity contribution is 5.97. The number of aldehydes is 1. The van der Waals surface area contributed by atoms with Crippen molar-refractivity contribution in [3.05, 3.63) is 54.0 Å². The monoisotopic (exact) mass is 226 g/mol. The molecule has 4 nitrogen and oxygen atoms in total. The first-order valence-corrected chi connectivity index (χ1v) is 5.31. The third-order valence-electron chi connectivity index (χ3n) is 2.76. The number of hydrogen-bond acceptors (Lipinski definition) is 3. The van der Waals surface area contributed by atoms with Gasteiger partial charge in [-0.3, -0.25) is 4.79 Å². The summed E-state index contributed by atoms with van der Waals surface area (Å²) in [6.07, 6.45) is 4.32. The maximum Gasteiger partial charge on any atom is 0.156 e. The molecule has 0 aliphatic rings. The second-order valence-corrected chi connectivity index (χ2v) is 3.83. The average molecular weight is 226 g/mol. The van der Waals surface area contributed by atoms with Crippen LogP contribution in [0.1, 0.15) is 16.1 Å². The Kier molecular flexibility index (Phi) is 2.26. The Morgan fingerprint density at radius 2 is 2.18 bits per heavy atom. The zero-order chi connectivity index (χ0) is 11.7. The minimum Gasteiger partial charge on any atom is -0.359 e. The molecule has 17 heavy (non-hydrogen) atoms. The van der Waals surface area contributed by atoms with E-state index in [4.69, 9.17) is 4.52 Å². The van der Waals surface area contributed by atoms with E-state index in [1.165, 1.54) is 0 Å². The summed E-state index contributed by atoms with van der Waals surface area (Å²) in [4.78, 5) is 11.0. The predicted octanol–water partition coefficient (Wildman–Crippen LogP) is 2.49. The van der Waals surface area contributed by atoms with E-state index in [0.29, 0.717) is 12.1 Å². The van der Waals surface area contributed by atoms with Crippen molar-refractivity contribution in [3.63, 3.8) is 0 Å². The molecule has 0 aliphatic carbocycles. The smallest absolute Gasteiger partial charge is 0.156 e. The molecule has 0 atom stereocenters. The Morgan fingerprint density at radius 1 is 1.29 bits per heavy atom. The van der Waals surface area contributed by atoms with E-state index in [1.807, 2.05) is 41.1 Å². The van der Waals surface area contributed by atoms with Crippen LogP contribution >= 0.6 is 0 Å². The first-order chi connectivity index (χ1) is 8.38. The number of aromatic nitrogens is 2. The Hall–Kier alpha value is -2.36. The number of para-hydroxylation sites is 1. The van der Waals surface area contributed by atoms with Gasteiger partial charge in [-0.15, -0.1) is 0 Å². The van der Waals surface area contributed by atoms with Gasteiger partial charge in [0.05, 0.1) is 12.7 Å². The van der Waals surface area contributed by atoms with Crippen molar-refractivity contribution < 1.29 is 9.32 Å². The highest BCUT2D eigenvalue weighted by Crippen LogP contribution is 2.20. The van der Waals surface area contributed by atoms with Crippen molar-refractivity contribution in [1.29, 1.82) is 0 Å². The van der Waals surface area contributed by atoms with E-state index in [1.54, 1.807) is 6.20 Å². The first kappa shape index (κ1) is 9.84. The summed E-state index contributed by atoms with van der Waals surface area (Å²) in [6.45, 7) is 0.578. The largest absolute Gasteiger partial charge is 0.359 e. The van der Waals surface area contributed by atoms with E-state index >= 15 is 0 Å². The molecule has 0 aliphatic heterocycles. The quantitative estimate of drug-likeness (QED) is 0.644. The molecule has 0 radical (unpaired) electrons. The van der Waals surface area contributed by atoms with Gasteiger partial charge in [0.25, 0.3) is 0 Å².